The fourth-order valence-electron chi connectivity index (χ4n) is 2.08. The molecular formula is C15H21FN2O2. The molecule has 1 aromatic rings. The minimum absolute atomic E-state index is 0.0928. The van der Waals surface area contributed by atoms with Crippen molar-refractivity contribution in [2.45, 2.75) is 39.3 Å². The van der Waals surface area contributed by atoms with E-state index in [0.29, 0.717) is 19.4 Å². The van der Waals surface area contributed by atoms with Crippen molar-refractivity contribution in [2.24, 2.45) is 0 Å². The second-order valence-electron chi connectivity index (χ2n) is 4.54. The SMILES string of the molecule is CCC(=O)N(Cc1ccc(F)cc1)[C@@H](CC)C(=O)NC. The van der Waals surface area contributed by atoms with Crippen molar-refractivity contribution in [1.29, 1.82) is 0 Å². The molecule has 0 saturated heterocycles. The molecular weight excluding hydrogens is 259 g/mol. The van der Waals surface area contributed by atoms with Crippen molar-refractivity contribution in [3.05, 3.63) is 35.6 Å². The third-order valence-corrected chi connectivity index (χ3v) is 3.20. The van der Waals surface area contributed by atoms with Gasteiger partial charge in [0, 0.05) is 20.0 Å². The van der Waals surface area contributed by atoms with Crippen LogP contribution in [-0.4, -0.2) is 29.8 Å². The summed E-state index contributed by atoms with van der Waals surface area (Å²) in [5.74, 6) is -0.596. The van der Waals surface area contributed by atoms with Gasteiger partial charge in [-0.3, -0.25) is 9.59 Å². The van der Waals surface area contributed by atoms with E-state index in [1.807, 2.05) is 6.92 Å². The molecule has 0 unspecified atom stereocenters. The Morgan fingerprint density at radius 2 is 1.85 bits per heavy atom. The highest BCUT2D eigenvalue weighted by Crippen LogP contribution is 2.13. The maximum Gasteiger partial charge on any atom is 0.242 e. The van der Waals surface area contributed by atoms with E-state index in [1.54, 1.807) is 31.0 Å². The lowest BCUT2D eigenvalue weighted by Crippen LogP contribution is -2.48. The van der Waals surface area contributed by atoms with Gasteiger partial charge in [-0.1, -0.05) is 26.0 Å². The summed E-state index contributed by atoms with van der Waals surface area (Å²) in [5, 5.41) is 2.58. The van der Waals surface area contributed by atoms with Crippen LogP contribution >= 0.6 is 0 Å². The molecule has 0 aliphatic rings. The molecule has 0 aliphatic carbocycles. The van der Waals surface area contributed by atoms with Crippen molar-refractivity contribution in [3.8, 4) is 0 Å². The highest BCUT2D eigenvalue weighted by molar-refractivity contribution is 5.87. The molecule has 0 aliphatic heterocycles. The number of carbonyl (C=O) groups excluding carboxylic acids is 2. The van der Waals surface area contributed by atoms with Crippen LogP contribution in [0.1, 0.15) is 32.3 Å². The van der Waals surface area contributed by atoms with E-state index in [9.17, 15) is 14.0 Å². The van der Waals surface area contributed by atoms with Gasteiger partial charge in [0.15, 0.2) is 0 Å². The van der Waals surface area contributed by atoms with Crippen LogP contribution in [0.5, 0.6) is 0 Å². The monoisotopic (exact) mass is 280 g/mol. The van der Waals surface area contributed by atoms with E-state index in [4.69, 9.17) is 0 Å². The number of benzene rings is 1. The van der Waals surface area contributed by atoms with Crippen LogP contribution in [0.3, 0.4) is 0 Å². The first-order chi connectivity index (χ1) is 9.53. The predicted molar refractivity (Wildman–Crippen MR) is 75.4 cm³/mol. The van der Waals surface area contributed by atoms with E-state index < -0.39 is 6.04 Å². The van der Waals surface area contributed by atoms with Gasteiger partial charge in [-0.05, 0) is 24.1 Å². The molecule has 0 fully saturated rings. The Kier molecular flexibility index (Phi) is 6.15. The number of amides is 2. The van der Waals surface area contributed by atoms with Crippen LogP contribution < -0.4 is 5.32 Å². The smallest absolute Gasteiger partial charge is 0.242 e. The topological polar surface area (TPSA) is 49.4 Å². The number of hydrogen-bond acceptors (Lipinski definition) is 2. The van der Waals surface area contributed by atoms with Gasteiger partial charge < -0.3 is 10.2 Å². The Morgan fingerprint density at radius 3 is 2.30 bits per heavy atom. The van der Waals surface area contributed by atoms with Crippen molar-refractivity contribution in [3.63, 3.8) is 0 Å². The van der Waals surface area contributed by atoms with Crippen LogP contribution in [0.15, 0.2) is 24.3 Å². The molecule has 1 atom stereocenters. The van der Waals surface area contributed by atoms with E-state index in [2.05, 4.69) is 5.32 Å². The number of likely N-dealkylation sites (N-methyl/N-ethyl adjacent to an activating group) is 1. The first-order valence-electron chi connectivity index (χ1n) is 6.78. The maximum absolute atomic E-state index is 12.9. The average Bonchev–Trinajstić information content (AvgIpc) is 2.47. The lowest BCUT2D eigenvalue weighted by Gasteiger charge is -2.30. The van der Waals surface area contributed by atoms with Crippen molar-refractivity contribution >= 4 is 11.8 Å². The van der Waals surface area contributed by atoms with Crippen LogP contribution in [0.25, 0.3) is 0 Å². The molecule has 110 valence electrons. The quantitative estimate of drug-likeness (QED) is 0.867. The molecule has 20 heavy (non-hydrogen) atoms. The zero-order valence-corrected chi connectivity index (χ0v) is 12.1. The van der Waals surface area contributed by atoms with E-state index in [1.165, 1.54) is 12.1 Å². The molecule has 0 radical (unpaired) electrons. The molecule has 0 aromatic heterocycles. The van der Waals surface area contributed by atoms with Crippen LogP contribution in [0, 0.1) is 5.82 Å². The van der Waals surface area contributed by atoms with Gasteiger partial charge in [-0.2, -0.15) is 0 Å². The Balaban J connectivity index is 2.96. The summed E-state index contributed by atoms with van der Waals surface area (Å²) in [6.07, 6.45) is 0.862. The van der Waals surface area contributed by atoms with Gasteiger partial charge in [0.1, 0.15) is 11.9 Å². The normalized spacial score (nSPS) is 11.8. The number of hydrogen-bond donors (Lipinski definition) is 1. The standard InChI is InChI=1S/C15H21FN2O2/c1-4-13(15(20)17-3)18(14(19)5-2)10-11-6-8-12(16)9-7-11/h6-9,13H,4-5,10H2,1-3H3,(H,17,20)/t13-/m0/s1. The zero-order valence-electron chi connectivity index (χ0n) is 12.1. The van der Waals surface area contributed by atoms with Crippen LogP contribution in [0.2, 0.25) is 0 Å². The van der Waals surface area contributed by atoms with Gasteiger partial charge in [-0.25, -0.2) is 4.39 Å². The van der Waals surface area contributed by atoms with Crippen molar-refractivity contribution in [2.75, 3.05) is 7.05 Å². The summed E-state index contributed by atoms with van der Waals surface area (Å²) < 4.78 is 12.9. The zero-order chi connectivity index (χ0) is 15.1. The maximum atomic E-state index is 12.9. The average molecular weight is 280 g/mol. The molecule has 1 N–H and O–H groups in total. The summed E-state index contributed by atoms with van der Waals surface area (Å²) in [7, 11) is 1.55. The van der Waals surface area contributed by atoms with E-state index in [0.717, 1.165) is 5.56 Å². The summed E-state index contributed by atoms with van der Waals surface area (Å²) in [5.41, 5.74) is 0.801. The van der Waals surface area contributed by atoms with Gasteiger partial charge in [0.05, 0.1) is 0 Å². The minimum atomic E-state index is -0.502. The molecule has 0 spiro atoms. The van der Waals surface area contributed by atoms with Gasteiger partial charge >= 0.3 is 0 Å². The molecule has 1 rings (SSSR count). The Hall–Kier alpha value is -1.91. The molecule has 4 nitrogen and oxygen atoms in total. The summed E-state index contributed by atoms with van der Waals surface area (Å²) >= 11 is 0. The third kappa shape index (κ3) is 4.05. The molecule has 5 heteroatoms. The second kappa shape index (κ2) is 7.62. The van der Waals surface area contributed by atoms with Crippen molar-refractivity contribution in [1.82, 2.24) is 10.2 Å². The largest absolute Gasteiger partial charge is 0.357 e. The Bertz CT molecular complexity index is 459. The van der Waals surface area contributed by atoms with E-state index >= 15 is 0 Å². The summed E-state index contributed by atoms with van der Waals surface area (Å²) in [6.45, 7) is 3.93. The fourth-order valence-corrected chi connectivity index (χ4v) is 2.08. The Morgan fingerprint density at radius 1 is 1.25 bits per heavy atom. The molecule has 0 saturated carbocycles. The van der Waals surface area contributed by atoms with Gasteiger partial charge in [0.2, 0.25) is 11.8 Å². The van der Waals surface area contributed by atoms with Crippen molar-refractivity contribution < 1.29 is 14.0 Å². The van der Waals surface area contributed by atoms with Gasteiger partial charge in [0.25, 0.3) is 0 Å². The van der Waals surface area contributed by atoms with Gasteiger partial charge in [-0.15, -0.1) is 0 Å². The molecule has 0 bridgehead atoms. The summed E-state index contributed by atoms with van der Waals surface area (Å²) in [4.78, 5) is 25.5. The van der Waals surface area contributed by atoms with Crippen LogP contribution in [0.4, 0.5) is 4.39 Å². The molecule has 0 heterocycles. The predicted octanol–water partition coefficient (Wildman–Crippen LogP) is 2.09. The first-order valence-corrected chi connectivity index (χ1v) is 6.78. The highest BCUT2D eigenvalue weighted by Gasteiger charge is 2.26. The number of carbonyl (C=O) groups is 2. The second-order valence-corrected chi connectivity index (χ2v) is 4.54. The summed E-state index contributed by atoms with van der Waals surface area (Å²) in [6, 6.07) is 5.46. The number of nitrogens with zero attached hydrogens (tertiary/aromatic N) is 1. The third-order valence-electron chi connectivity index (χ3n) is 3.20. The number of halogens is 1. The fraction of sp³-hybridized carbons (Fsp3) is 0.467. The highest BCUT2D eigenvalue weighted by atomic mass is 19.1. The minimum Gasteiger partial charge on any atom is -0.357 e. The number of rotatable bonds is 6. The van der Waals surface area contributed by atoms with Crippen LogP contribution in [-0.2, 0) is 16.1 Å². The first kappa shape index (κ1) is 16.1. The van der Waals surface area contributed by atoms with E-state index in [-0.39, 0.29) is 17.6 Å². The lowest BCUT2D eigenvalue weighted by atomic mass is 10.1. The lowest BCUT2D eigenvalue weighted by molar-refractivity contribution is -0.141. The molecule has 1 aromatic carbocycles. The molecule has 2 amide bonds. The Labute approximate surface area is 119 Å². The number of nitrogens with one attached hydrogen (secondary N) is 1.